The third-order valence-electron chi connectivity index (χ3n) is 5.91. The van der Waals surface area contributed by atoms with Crippen LogP contribution < -0.4 is 10.1 Å². The van der Waals surface area contributed by atoms with Crippen LogP contribution in [-0.4, -0.2) is 66.3 Å². The first-order valence-electron chi connectivity index (χ1n) is 13.2. The number of hydrogen-bond acceptors (Lipinski definition) is 8. The van der Waals surface area contributed by atoms with Crippen molar-refractivity contribution in [2.75, 3.05) is 13.7 Å². The van der Waals surface area contributed by atoms with Crippen LogP contribution in [0.5, 0.6) is 5.75 Å². The maximum Gasteiger partial charge on any atom is 0.509 e. The van der Waals surface area contributed by atoms with Crippen LogP contribution in [0.25, 0.3) is 0 Å². The highest BCUT2D eigenvalue weighted by atomic mass is 16.7. The average molecular weight is 557 g/mol. The van der Waals surface area contributed by atoms with Crippen molar-refractivity contribution >= 4 is 18.3 Å². The SMILES string of the molecule is COc1ccc(C[C@@H]2[C@H](OC(=O)NCc3ccccc3)[C@@H](OC(=O)OC(C)(C)C)CN2C(=O)OC(C)(C)C)cc1. The fraction of sp³-hybridized carbons (Fsp3) is 0.500. The molecule has 0 spiro atoms. The largest absolute Gasteiger partial charge is 0.509 e. The van der Waals surface area contributed by atoms with Gasteiger partial charge in [0.25, 0.3) is 0 Å². The van der Waals surface area contributed by atoms with Gasteiger partial charge < -0.3 is 29.0 Å². The second-order valence-electron chi connectivity index (χ2n) is 11.6. The van der Waals surface area contributed by atoms with E-state index in [2.05, 4.69) is 5.32 Å². The predicted octanol–water partition coefficient (Wildman–Crippen LogP) is 5.47. The predicted molar refractivity (Wildman–Crippen MR) is 148 cm³/mol. The molecule has 10 heteroatoms. The number of alkyl carbamates (subject to hydrolysis) is 1. The summed E-state index contributed by atoms with van der Waals surface area (Å²) in [6, 6.07) is 16.0. The normalized spacial score (nSPS) is 19.0. The van der Waals surface area contributed by atoms with Crippen LogP contribution in [0.4, 0.5) is 14.4 Å². The average Bonchev–Trinajstić information content (AvgIpc) is 3.18. The quantitative estimate of drug-likeness (QED) is 0.353. The van der Waals surface area contributed by atoms with Gasteiger partial charge in [0.05, 0.1) is 19.7 Å². The lowest BCUT2D eigenvalue weighted by Crippen LogP contribution is -2.46. The van der Waals surface area contributed by atoms with Gasteiger partial charge >= 0.3 is 18.3 Å². The Bertz CT molecular complexity index is 1140. The molecule has 1 saturated heterocycles. The molecule has 2 aromatic carbocycles. The van der Waals surface area contributed by atoms with Crippen molar-refractivity contribution in [1.29, 1.82) is 0 Å². The molecule has 1 N–H and O–H groups in total. The van der Waals surface area contributed by atoms with E-state index in [9.17, 15) is 14.4 Å². The van der Waals surface area contributed by atoms with Crippen molar-refractivity contribution in [1.82, 2.24) is 10.2 Å². The summed E-state index contributed by atoms with van der Waals surface area (Å²) in [6.07, 6.45) is -3.94. The van der Waals surface area contributed by atoms with Crippen molar-refractivity contribution in [3.63, 3.8) is 0 Å². The molecule has 40 heavy (non-hydrogen) atoms. The van der Waals surface area contributed by atoms with Crippen molar-refractivity contribution in [2.45, 2.75) is 84.0 Å². The molecular weight excluding hydrogens is 516 g/mol. The summed E-state index contributed by atoms with van der Waals surface area (Å²) in [5, 5.41) is 2.74. The summed E-state index contributed by atoms with van der Waals surface area (Å²) in [7, 11) is 1.58. The molecule has 2 aromatic rings. The van der Waals surface area contributed by atoms with E-state index in [1.807, 2.05) is 42.5 Å². The number of benzene rings is 2. The third-order valence-corrected chi connectivity index (χ3v) is 5.91. The summed E-state index contributed by atoms with van der Waals surface area (Å²) < 4.78 is 27.8. The zero-order chi connectivity index (χ0) is 29.5. The van der Waals surface area contributed by atoms with Gasteiger partial charge in [0.1, 0.15) is 17.0 Å². The number of nitrogens with zero attached hydrogens (tertiary/aromatic N) is 1. The monoisotopic (exact) mass is 556 g/mol. The van der Waals surface area contributed by atoms with Crippen molar-refractivity contribution < 1.29 is 38.1 Å². The molecule has 1 fully saturated rings. The molecule has 0 aromatic heterocycles. The van der Waals surface area contributed by atoms with Gasteiger partial charge in [0.15, 0.2) is 12.2 Å². The van der Waals surface area contributed by atoms with E-state index >= 15 is 0 Å². The number of likely N-dealkylation sites (tertiary alicyclic amines) is 1. The van der Waals surface area contributed by atoms with Crippen molar-refractivity contribution in [3.8, 4) is 5.75 Å². The van der Waals surface area contributed by atoms with E-state index in [0.717, 1.165) is 11.1 Å². The fourth-order valence-electron chi connectivity index (χ4n) is 4.21. The Morgan fingerprint density at radius 1 is 0.850 bits per heavy atom. The Kier molecular flexibility index (Phi) is 9.89. The van der Waals surface area contributed by atoms with Crippen LogP contribution in [0.2, 0.25) is 0 Å². The number of hydrogen-bond donors (Lipinski definition) is 1. The van der Waals surface area contributed by atoms with Gasteiger partial charge in [-0.05, 0) is 71.2 Å². The molecule has 2 amide bonds. The van der Waals surface area contributed by atoms with Gasteiger partial charge in [-0.1, -0.05) is 42.5 Å². The van der Waals surface area contributed by atoms with E-state index < -0.39 is 47.8 Å². The zero-order valence-electron chi connectivity index (χ0n) is 24.3. The number of rotatable bonds is 7. The molecule has 3 rings (SSSR count). The van der Waals surface area contributed by atoms with Gasteiger partial charge in [-0.15, -0.1) is 0 Å². The van der Waals surface area contributed by atoms with Crippen LogP contribution in [0.1, 0.15) is 52.7 Å². The molecule has 1 heterocycles. The molecular formula is C30H40N2O8. The lowest BCUT2D eigenvalue weighted by molar-refractivity contribution is -0.0518. The number of methoxy groups -OCH3 is 1. The van der Waals surface area contributed by atoms with Crippen LogP contribution in [0.15, 0.2) is 54.6 Å². The standard InChI is InChI=1S/C30H40N2O8/c1-29(2,3)39-27(34)32-19-24(37-28(35)40-30(4,5)6)25(23(32)17-20-13-15-22(36-7)16-14-20)38-26(33)31-18-21-11-9-8-10-12-21/h8-16,23-25H,17-19H2,1-7H3,(H,31,33)/t23-,24+,25+/m1/s1. The molecule has 0 bridgehead atoms. The number of carbonyl (C=O) groups excluding carboxylic acids is 3. The summed E-state index contributed by atoms with van der Waals surface area (Å²) in [4.78, 5) is 40.4. The topological polar surface area (TPSA) is 113 Å². The highest BCUT2D eigenvalue weighted by Crippen LogP contribution is 2.30. The molecule has 10 nitrogen and oxygen atoms in total. The minimum Gasteiger partial charge on any atom is -0.497 e. The maximum absolute atomic E-state index is 13.3. The lowest BCUT2D eigenvalue weighted by atomic mass is 10.0. The van der Waals surface area contributed by atoms with Crippen LogP contribution >= 0.6 is 0 Å². The van der Waals surface area contributed by atoms with E-state index in [-0.39, 0.29) is 13.1 Å². The first-order valence-corrected chi connectivity index (χ1v) is 13.2. The van der Waals surface area contributed by atoms with Crippen LogP contribution in [0.3, 0.4) is 0 Å². The highest BCUT2D eigenvalue weighted by molar-refractivity contribution is 5.71. The molecule has 3 atom stereocenters. The third kappa shape index (κ3) is 9.36. The van der Waals surface area contributed by atoms with E-state index in [4.69, 9.17) is 23.7 Å². The Balaban J connectivity index is 1.89. The smallest absolute Gasteiger partial charge is 0.497 e. The van der Waals surface area contributed by atoms with Crippen molar-refractivity contribution in [3.05, 3.63) is 65.7 Å². The Morgan fingerprint density at radius 2 is 1.48 bits per heavy atom. The van der Waals surface area contributed by atoms with E-state index in [0.29, 0.717) is 12.2 Å². The Hall–Kier alpha value is -3.95. The molecule has 0 aliphatic carbocycles. The number of nitrogens with one attached hydrogen (secondary N) is 1. The minimum atomic E-state index is -1.00. The lowest BCUT2D eigenvalue weighted by Gasteiger charge is -2.30. The second-order valence-corrected chi connectivity index (χ2v) is 11.6. The van der Waals surface area contributed by atoms with Gasteiger partial charge in [-0.3, -0.25) is 4.90 Å². The number of amides is 2. The molecule has 218 valence electrons. The zero-order valence-corrected chi connectivity index (χ0v) is 24.3. The second kappa shape index (κ2) is 12.9. The maximum atomic E-state index is 13.3. The Labute approximate surface area is 235 Å². The molecule has 1 aliphatic rings. The summed E-state index contributed by atoms with van der Waals surface area (Å²) in [6.45, 7) is 10.6. The van der Waals surface area contributed by atoms with E-state index in [1.54, 1.807) is 60.8 Å². The molecule has 0 saturated carbocycles. The van der Waals surface area contributed by atoms with Crippen LogP contribution in [0, 0.1) is 0 Å². The fourth-order valence-corrected chi connectivity index (χ4v) is 4.21. The number of carbonyl (C=O) groups is 3. The van der Waals surface area contributed by atoms with Gasteiger partial charge in [0.2, 0.25) is 0 Å². The van der Waals surface area contributed by atoms with Crippen molar-refractivity contribution in [2.24, 2.45) is 0 Å². The minimum absolute atomic E-state index is 0.0500. The van der Waals surface area contributed by atoms with E-state index in [1.165, 1.54) is 4.90 Å². The molecule has 1 aliphatic heterocycles. The van der Waals surface area contributed by atoms with Gasteiger partial charge in [0, 0.05) is 6.54 Å². The Morgan fingerprint density at radius 3 is 2.05 bits per heavy atom. The highest BCUT2D eigenvalue weighted by Gasteiger charge is 2.50. The number of ether oxygens (including phenoxy) is 5. The molecule has 0 unspecified atom stereocenters. The van der Waals surface area contributed by atoms with Gasteiger partial charge in [-0.25, -0.2) is 14.4 Å². The first-order chi connectivity index (χ1) is 18.7. The first kappa shape index (κ1) is 30.6. The van der Waals surface area contributed by atoms with Gasteiger partial charge in [-0.2, -0.15) is 0 Å². The summed E-state index contributed by atoms with van der Waals surface area (Å²) >= 11 is 0. The van der Waals surface area contributed by atoms with Crippen LogP contribution in [-0.2, 0) is 31.9 Å². The molecule has 0 radical (unpaired) electrons. The summed E-state index contributed by atoms with van der Waals surface area (Å²) in [5.41, 5.74) is 0.176. The summed E-state index contributed by atoms with van der Waals surface area (Å²) in [5.74, 6) is 0.679.